The molecule has 1 saturated heterocycles. The molecule has 1 fully saturated rings. The standard InChI is InChI=1S/C12H20N4OS/c1-2-6-10(17)13-12-15-14-11(18-12)9-16-7-4-3-5-8-16/h2-9H2,1H3,(H,13,15,17). The quantitative estimate of drug-likeness (QED) is 0.890. The Bertz CT molecular complexity index is 387. The van der Waals surface area contributed by atoms with Gasteiger partial charge in [0.15, 0.2) is 0 Å². The van der Waals surface area contributed by atoms with E-state index in [1.165, 1.54) is 30.6 Å². The monoisotopic (exact) mass is 268 g/mol. The summed E-state index contributed by atoms with van der Waals surface area (Å²) in [5.41, 5.74) is 0. The molecular weight excluding hydrogens is 248 g/mol. The van der Waals surface area contributed by atoms with Crippen molar-refractivity contribution in [1.29, 1.82) is 0 Å². The molecule has 0 bridgehead atoms. The number of hydrogen-bond acceptors (Lipinski definition) is 5. The lowest BCUT2D eigenvalue weighted by Crippen LogP contribution is -2.28. The molecule has 1 N–H and O–H groups in total. The average molecular weight is 268 g/mol. The van der Waals surface area contributed by atoms with Gasteiger partial charge in [-0.1, -0.05) is 24.7 Å². The first kappa shape index (κ1) is 13.4. The van der Waals surface area contributed by atoms with E-state index in [9.17, 15) is 4.79 Å². The van der Waals surface area contributed by atoms with Crippen LogP contribution in [0.5, 0.6) is 0 Å². The molecule has 1 aliphatic heterocycles. The van der Waals surface area contributed by atoms with Crippen molar-refractivity contribution in [2.45, 2.75) is 45.6 Å². The van der Waals surface area contributed by atoms with Crippen molar-refractivity contribution < 1.29 is 4.79 Å². The fourth-order valence-electron chi connectivity index (χ4n) is 2.09. The van der Waals surface area contributed by atoms with Crippen LogP contribution in [-0.2, 0) is 11.3 Å². The van der Waals surface area contributed by atoms with Gasteiger partial charge in [-0.3, -0.25) is 9.69 Å². The molecule has 6 heteroatoms. The van der Waals surface area contributed by atoms with E-state index in [1.807, 2.05) is 6.92 Å². The number of nitrogens with one attached hydrogen (secondary N) is 1. The normalized spacial score (nSPS) is 16.7. The van der Waals surface area contributed by atoms with Crippen LogP contribution in [0.2, 0.25) is 0 Å². The third kappa shape index (κ3) is 4.03. The number of piperidine rings is 1. The molecular formula is C12H20N4OS. The number of anilines is 1. The van der Waals surface area contributed by atoms with E-state index < -0.39 is 0 Å². The number of amides is 1. The molecule has 2 rings (SSSR count). The van der Waals surface area contributed by atoms with Crippen LogP contribution in [0.15, 0.2) is 0 Å². The van der Waals surface area contributed by atoms with E-state index >= 15 is 0 Å². The molecule has 0 aromatic carbocycles. The van der Waals surface area contributed by atoms with E-state index in [4.69, 9.17) is 0 Å². The topological polar surface area (TPSA) is 58.1 Å². The summed E-state index contributed by atoms with van der Waals surface area (Å²) in [5, 5.41) is 12.6. The lowest BCUT2D eigenvalue weighted by atomic mass is 10.1. The Morgan fingerprint density at radius 1 is 1.33 bits per heavy atom. The number of hydrogen-bond donors (Lipinski definition) is 1. The van der Waals surface area contributed by atoms with Gasteiger partial charge in [-0.2, -0.15) is 0 Å². The second kappa shape index (κ2) is 6.80. The summed E-state index contributed by atoms with van der Waals surface area (Å²) in [5.74, 6) is 0.0261. The number of likely N-dealkylation sites (tertiary alicyclic amines) is 1. The predicted octanol–water partition coefficient (Wildman–Crippen LogP) is 2.26. The first-order valence-corrected chi connectivity index (χ1v) is 7.44. The molecule has 1 amide bonds. The van der Waals surface area contributed by atoms with Gasteiger partial charge in [-0.15, -0.1) is 10.2 Å². The van der Waals surface area contributed by atoms with Crippen LogP contribution in [0.25, 0.3) is 0 Å². The van der Waals surface area contributed by atoms with Gasteiger partial charge in [0.05, 0.1) is 6.54 Å². The van der Waals surface area contributed by atoms with Gasteiger partial charge in [0.25, 0.3) is 0 Å². The molecule has 0 aliphatic carbocycles. The summed E-state index contributed by atoms with van der Waals surface area (Å²) in [6.07, 6.45) is 5.29. The summed E-state index contributed by atoms with van der Waals surface area (Å²) in [6.45, 7) is 5.15. The Balaban J connectivity index is 1.83. The minimum atomic E-state index is 0.0261. The van der Waals surface area contributed by atoms with Crippen LogP contribution in [0, 0.1) is 0 Å². The molecule has 18 heavy (non-hydrogen) atoms. The van der Waals surface area contributed by atoms with Crippen molar-refractivity contribution in [3.05, 3.63) is 5.01 Å². The highest BCUT2D eigenvalue weighted by molar-refractivity contribution is 7.15. The van der Waals surface area contributed by atoms with Crippen molar-refractivity contribution in [1.82, 2.24) is 15.1 Å². The second-order valence-corrected chi connectivity index (χ2v) is 5.70. The third-order valence-electron chi connectivity index (χ3n) is 3.00. The number of nitrogens with zero attached hydrogens (tertiary/aromatic N) is 3. The molecule has 0 atom stereocenters. The minimum Gasteiger partial charge on any atom is -0.301 e. The maximum atomic E-state index is 11.4. The third-order valence-corrected chi connectivity index (χ3v) is 3.82. The fraction of sp³-hybridized carbons (Fsp3) is 0.750. The van der Waals surface area contributed by atoms with Crippen molar-refractivity contribution >= 4 is 22.4 Å². The highest BCUT2D eigenvalue weighted by Crippen LogP contribution is 2.19. The molecule has 100 valence electrons. The molecule has 0 spiro atoms. The Hall–Kier alpha value is -1.01. The molecule has 5 nitrogen and oxygen atoms in total. The molecule has 2 heterocycles. The van der Waals surface area contributed by atoms with E-state index in [-0.39, 0.29) is 5.91 Å². The summed E-state index contributed by atoms with van der Waals surface area (Å²) >= 11 is 1.48. The van der Waals surface area contributed by atoms with Gasteiger partial charge >= 0.3 is 0 Å². The van der Waals surface area contributed by atoms with Gasteiger partial charge in [-0.05, 0) is 32.4 Å². The molecule has 0 saturated carbocycles. The van der Waals surface area contributed by atoms with Gasteiger partial charge < -0.3 is 5.32 Å². The van der Waals surface area contributed by atoms with E-state index in [0.717, 1.165) is 31.1 Å². The summed E-state index contributed by atoms with van der Waals surface area (Å²) < 4.78 is 0. The van der Waals surface area contributed by atoms with Gasteiger partial charge in [0.1, 0.15) is 5.01 Å². The smallest absolute Gasteiger partial charge is 0.226 e. The van der Waals surface area contributed by atoms with Crippen LogP contribution in [0.4, 0.5) is 5.13 Å². The van der Waals surface area contributed by atoms with E-state index in [0.29, 0.717) is 11.6 Å². The highest BCUT2D eigenvalue weighted by Gasteiger charge is 2.13. The maximum absolute atomic E-state index is 11.4. The number of carbonyl (C=O) groups excluding carboxylic acids is 1. The first-order valence-electron chi connectivity index (χ1n) is 6.62. The van der Waals surface area contributed by atoms with E-state index in [1.54, 1.807) is 0 Å². The van der Waals surface area contributed by atoms with Crippen LogP contribution >= 0.6 is 11.3 Å². The molecule has 1 aromatic heterocycles. The van der Waals surface area contributed by atoms with Gasteiger partial charge in [0, 0.05) is 6.42 Å². The Kier molecular flexibility index (Phi) is 5.07. The first-order chi connectivity index (χ1) is 8.78. The zero-order valence-electron chi connectivity index (χ0n) is 10.8. The highest BCUT2D eigenvalue weighted by atomic mass is 32.1. The Morgan fingerprint density at radius 3 is 2.83 bits per heavy atom. The van der Waals surface area contributed by atoms with Crippen LogP contribution in [0.1, 0.15) is 44.0 Å². The summed E-state index contributed by atoms with van der Waals surface area (Å²) in [6, 6.07) is 0. The van der Waals surface area contributed by atoms with Crippen molar-refractivity contribution in [3.8, 4) is 0 Å². The zero-order valence-corrected chi connectivity index (χ0v) is 11.6. The molecule has 1 aliphatic rings. The SMILES string of the molecule is CCCC(=O)Nc1nnc(CN2CCCCC2)s1. The summed E-state index contributed by atoms with van der Waals surface area (Å²) in [7, 11) is 0. The fourth-order valence-corrected chi connectivity index (χ4v) is 2.88. The number of aromatic nitrogens is 2. The van der Waals surface area contributed by atoms with Crippen molar-refractivity contribution in [3.63, 3.8) is 0 Å². The van der Waals surface area contributed by atoms with Gasteiger partial charge in [-0.25, -0.2) is 0 Å². The average Bonchev–Trinajstić information content (AvgIpc) is 2.78. The van der Waals surface area contributed by atoms with Crippen LogP contribution in [0.3, 0.4) is 0 Å². The minimum absolute atomic E-state index is 0.0261. The van der Waals surface area contributed by atoms with Crippen molar-refractivity contribution in [2.24, 2.45) is 0 Å². The number of carbonyl (C=O) groups is 1. The largest absolute Gasteiger partial charge is 0.301 e. The van der Waals surface area contributed by atoms with Crippen molar-refractivity contribution in [2.75, 3.05) is 18.4 Å². The van der Waals surface area contributed by atoms with Crippen LogP contribution < -0.4 is 5.32 Å². The Labute approximate surface area is 112 Å². The second-order valence-electron chi connectivity index (χ2n) is 4.64. The van der Waals surface area contributed by atoms with Crippen LogP contribution in [-0.4, -0.2) is 34.1 Å². The summed E-state index contributed by atoms with van der Waals surface area (Å²) in [4.78, 5) is 13.8. The predicted molar refractivity (Wildman–Crippen MR) is 72.6 cm³/mol. The Morgan fingerprint density at radius 2 is 2.11 bits per heavy atom. The zero-order chi connectivity index (χ0) is 12.8. The lowest BCUT2D eigenvalue weighted by molar-refractivity contribution is -0.116. The van der Waals surface area contributed by atoms with E-state index in [2.05, 4.69) is 20.4 Å². The molecule has 0 unspecified atom stereocenters. The lowest BCUT2D eigenvalue weighted by Gasteiger charge is -2.24. The molecule has 0 radical (unpaired) electrons. The maximum Gasteiger partial charge on any atom is 0.226 e. The van der Waals surface area contributed by atoms with Gasteiger partial charge in [0.2, 0.25) is 11.0 Å². The molecule has 1 aromatic rings. The number of rotatable bonds is 5.